The molecular formula is C10H11N3OS. The molecular weight excluding hydrogens is 210 g/mol. The van der Waals surface area contributed by atoms with Gasteiger partial charge in [-0.15, -0.1) is 11.3 Å². The molecule has 1 aliphatic rings. The van der Waals surface area contributed by atoms with E-state index in [9.17, 15) is 0 Å². The maximum Gasteiger partial charge on any atom is 0.185 e. The van der Waals surface area contributed by atoms with Crippen LogP contribution in [0, 0.1) is 11.3 Å². The third-order valence-electron chi connectivity index (χ3n) is 2.12. The van der Waals surface area contributed by atoms with Gasteiger partial charge in [0.05, 0.1) is 25.0 Å². The summed E-state index contributed by atoms with van der Waals surface area (Å²) in [4.78, 5) is 6.63. The van der Waals surface area contributed by atoms with Crippen LogP contribution in [0.15, 0.2) is 11.5 Å². The van der Waals surface area contributed by atoms with Crippen molar-refractivity contribution in [3.63, 3.8) is 0 Å². The number of anilines is 1. The van der Waals surface area contributed by atoms with Crippen LogP contribution in [0.1, 0.15) is 5.69 Å². The zero-order chi connectivity index (χ0) is 10.5. The highest BCUT2D eigenvalue weighted by molar-refractivity contribution is 7.13. The van der Waals surface area contributed by atoms with Gasteiger partial charge in [-0.1, -0.05) is 0 Å². The summed E-state index contributed by atoms with van der Waals surface area (Å²) in [5, 5.41) is 11.4. The molecule has 5 heteroatoms. The van der Waals surface area contributed by atoms with E-state index >= 15 is 0 Å². The number of allylic oxidation sites excluding steroid dienone is 1. The molecule has 0 N–H and O–H groups in total. The van der Waals surface area contributed by atoms with E-state index in [-0.39, 0.29) is 0 Å². The van der Waals surface area contributed by atoms with Crippen molar-refractivity contribution >= 4 is 22.5 Å². The molecule has 1 saturated heterocycles. The molecule has 0 atom stereocenters. The van der Waals surface area contributed by atoms with Gasteiger partial charge in [-0.25, -0.2) is 4.98 Å². The SMILES string of the molecule is N#CC=Cc1csc(N2CCOCC2)n1. The van der Waals surface area contributed by atoms with Crippen LogP contribution in [-0.4, -0.2) is 31.3 Å². The van der Waals surface area contributed by atoms with Gasteiger partial charge >= 0.3 is 0 Å². The van der Waals surface area contributed by atoms with Crippen molar-refractivity contribution in [1.82, 2.24) is 4.98 Å². The fourth-order valence-electron chi connectivity index (χ4n) is 1.38. The smallest absolute Gasteiger partial charge is 0.185 e. The normalized spacial score (nSPS) is 16.9. The van der Waals surface area contributed by atoms with Crippen molar-refractivity contribution in [2.45, 2.75) is 0 Å². The summed E-state index contributed by atoms with van der Waals surface area (Å²) in [6, 6.07) is 1.96. The molecule has 0 bridgehead atoms. The zero-order valence-electron chi connectivity index (χ0n) is 8.22. The lowest BCUT2D eigenvalue weighted by atomic mass is 10.4. The van der Waals surface area contributed by atoms with Crippen LogP contribution in [0.3, 0.4) is 0 Å². The highest BCUT2D eigenvalue weighted by atomic mass is 32.1. The molecule has 2 heterocycles. The van der Waals surface area contributed by atoms with Crippen LogP contribution < -0.4 is 4.90 Å². The van der Waals surface area contributed by atoms with Crippen LogP contribution in [0.25, 0.3) is 6.08 Å². The molecule has 0 unspecified atom stereocenters. The number of thiazole rings is 1. The van der Waals surface area contributed by atoms with Crippen LogP contribution in [0.2, 0.25) is 0 Å². The molecule has 0 amide bonds. The summed E-state index contributed by atoms with van der Waals surface area (Å²) < 4.78 is 5.27. The Bertz CT molecular complexity index is 388. The summed E-state index contributed by atoms with van der Waals surface area (Å²) in [5.74, 6) is 0. The number of nitriles is 1. The second-order valence-electron chi connectivity index (χ2n) is 3.12. The second kappa shape index (κ2) is 4.91. The highest BCUT2D eigenvalue weighted by Gasteiger charge is 2.13. The average Bonchev–Trinajstić information content (AvgIpc) is 2.76. The average molecular weight is 221 g/mol. The lowest BCUT2D eigenvalue weighted by molar-refractivity contribution is 0.122. The van der Waals surface area contributed by atoms with Gasteiger partial charge in [0.2, 0.25) is 0 Å². The minimum atomic E-state index is 0.767. The molecule has 0 saturated carbocycles. The Kier molecular flexibility index (Phi) is 3.33. The number of nitrogens with zero attached hydrogens (tertiary/aromatic N) is 3. The molecule has 1 aliphatic heterocycles. The standard InChI is InChI=1S/C10H11N3OS/c11-3-1-2-9-8-15-10(12-9)13-4-6-14-7-5-13/h1-2,8H,4-7H2. The molecule has 4 nitrogen and oxygen atoms in total. The van der Waals surface area contributed by atoms with Gasteiger partial charge in [0.1, 0.15) is 0 Å². The quantitative estimate of drug-likeness (QED) is 0.710. The zero-order valence-corrected chi connectivity index (χ0v) is 9.04. The fraction of sp³-hybridized carbons (Fsp3) is 0.400. The van der Waals surface area contributed by atoms with E-state index in [2.05, 4.69) is 9.88 Å². The van der Waals surface area contributed by atoms with E-state index in [1.807, 2.05) is 11.4 Å². The fourth-order valence-corrected chi connectivity index (χ4v) is 2.22. The van der Waals surface area contributed by atoms with Crippen LogP contribution in [0.5, 0.6) is 0 Å². The first-order valence-electron chi connectivity index (χ1n) is 4.74. The molecule has 0 aliphatic carbocycles. The molecule has 0 spiro atoms. The number of hydrogen-bond donors (Lipinski definition) is 0. The van der Waals surface area contributed by atoms with E-state index in [1.54, 1.807) is 17.4 Å². The Hall–Kier alpha value is -1.38. The van der Waals surface area contributed by atoms with Gasteiger partial charge in [-0.05, 0) is 6.08 Å². The second-order valence-corrected chi connectivity index (χ2v) is 3.95. The van der Waals surface area contributed by atoms with Gasteiger partial charge in [-0.3, -0.25) is 0 Å². The summed E-state index contributed by atoms with van der Waals surface area (Å²) in [6.45, 7) is 3.33. The number of hydrogen-bond acceptors (Lipinski definition) is 5. The minimum Gasteiger partial charge on any atom is -0.378 e. The molecule has 78 valence electrons. The minimum absolute atomic E-state index is 0.767. The molecule has 1 aromatic heterocycles. The summed E-state index contributed by atoms with van der Waals surface area (Å²) in [7, 11) is 0. The molecule has 0 aromatic carbocycles. The Morgan fingerprint density at radius 3 is 3.07 bits per heavy atom. The first-order valence-corrected chi connectivity index (χ1v) is 5.62. The van der Waals surface area contributed by atoms with Crippen molar-refractivity contribution in [3.8, 4) is 6.07 Å². The van der Waals surface area contributed by atoms with E-state index in [0.29, 0.717) is 0 Å². The third-order valence-corrected chi connectivity index (χ3v) is 3.04. The number of aromatic nitrogens is 1. The Labute approximate surface area is 92.4 Å². The number of ether oxygens (including phenoxy) is 1. The van der Waals surface area contributed by atoms with Gasteiger partial charge in [0.15, 0.2) is 5.13 Å². The number of morpholine rings is 1. The Morgan fingerprint density at radius 1 is 1.53 bits per heavy atom. The Balaban J connectivity index is 2.06. The summed E-state index contributed by atoms with van der Waals surface area (Å²) in [5.41, 5.74) is 0.850. The highest BCUT2D eigenvalue weighted by Crippen LogP contribution is 2.21. The van der Waals surface area contributed by atoms with E-state index < -0.39 is 0 Å². The van der Waals surface area contributed by atoms with Crippen molar-refractivity contribution in [2.24, 2.45) is 0 Å². The lowest BCUT2D eigenvalue weighted by Crippen LogP contribution is -2.36. The monoisotopic (exact) mass is 221 g/mol. The Morgan fingerprint density at radius 2 is 2.33 bits per heavy atom. The molecule has 0 radical (unpaired) electrons. The van der Waals surface area contributed by atoms with E-state index in [1.165, 1.54) is 6.08 Å². The van der Waals surface area contributed by atoms with Gasteiger partial charge in [-0.2, -0.15) is 5.26 Å². The van der Waals surface area contributed by atoms with Gasteiger partial charge in [0, 0.05) is 24.5 Å². The predicted octanol–water partition coefficient (Wildman–Crippen LogP) is 1.52. The first kappa shape index (κ1) is 10.1. The molecule has 1 aromatic rings. The van der Waals surface area contributed by atoms with Crippen molar-refractivity contribution in [3.05, 3.63) is 17.2 Å². The summed E-state index contributed by atoms with van der Waals surface area (Å²) in [6.07, 6.45) is 3.17. The van der Waals surface area contributed by atoms with Crippen LogP contribution in [0.4, 0.5) is 5.13 Å². The largest absolute Gasteiger partial charge is 0.378 e. The molecule has 1 fully saturated rings. The maximum atomic E-state index is 8.39. The molecule has 15 heavy (non-hydrogen) atoms. The third kappa shape index (κ3) is 2.55. The van der Waals surface area contributed by atoms with Crippen molar-refractivity contribution in [2.75, 3.05) is 31.2 Å². The lowest BCUT2D eigenvalue weighted by Gasteiger charge is -2.25. The van der Waals surface area contributed by atoms with Crippen LogP contribution in [-0.2, 0) is 4.74 Å². The topological polar surface area (TPSA) is 49.2 Å². The van der Waals surface area contributed by atoms with E-state index in [0.717, 1.165) is 37.1 Å². The first-order chi connectivity index (χ1) is 7.40. The van der Waals surface area contributed by atoms with Gasteiger partial charge < -0.3 is 9.64 Å². The predicted molar refractivity (Wildman–Crippen MR) is 59.8 cm³/mol. The van der Waals surface area contributed by atoms with E-state index in [4.69, 9.17) is 10.00 Å². The van der Waals surface area contributed by atoms with Gasteiger partial charge in [0.25, 0.3) is 0 Å². The van der Waals surface area contributed by atoms with Crippen LogP contribution >= 0.6 is 11.3 Å². The maximum absolute atomic E-state index is 8.39. The molecule has 2 rings (SSSR count). The summed E-state index contributed by atoms with van der Waals surface area (Å²) >= 11 is 1.61. The number of rotatable bonds is 2. The van der Waals surface area contributed by atoms with Crippen molar-refractivity contribution < 1.29 is 4.74 Å². The van der Waals surface area contributed by atoms with Crippen molar-refractivity contribution in [1.29, 1.82) is 5.26 Å².